The van der Waals surface area contributed by atoms with Gasteiger partial charge in [-0.3, -0.25) is 4.90 Å². The van der Waals surface area contributed by atoms with Crippen LogP contribution in [0.15, 0.2) is 0 Å². The Kier molecular flexibility index (Phi) is 5.84. The van der Waals surface area contributed by atoms with Crippen LogP contribution in [0.25, 0.3) is 0 Å². The van der Waals surface area contributed by atoms with Crippen molar-refractivity contribution in [1.82, 2.24) is 10.2 Å². The van der Waals surface area contributed by atoms with Gasteiger partial charge in [-0.15, -0.1) is 0 Å². The van der Waals surface area contributed by atoms with Crippen LogP contribution >= 0.6 is 0 Å². The van der Waals surface area contributed by atoms with Crippen molar-refractivity contribution in [3.8, 4) is 0 Å². The van der Waals surface area contributed by atoms with E-state index in [1.807, 2.05) is 0 Å². The minimum absolute atomic E-state index is 0.122. The standard InChI is InChI=1S/C16H32N2O2/c1-4-18(10-15-6-5-9-20-15)11-16(12-19,14-7-8-14)17-13(2)3/h13-15,17,19H,4-12H2,1-3H3. The number of likely N-dealkylation sites (N-methyl/N-ethyl adjacent to an activating group) is 1. The minimum atomic E-state index is -0.122. The summed E-state index contributed by atoms with van der Waals surface area (Å²) >= 11 is 0. The van der Waals surface area contributed by atoms with E-state index >= 15 is 0 Å². The Labute approximate surface area is 123 Å². The van der Waals surface area contributed by atoms with E-state index in [1.54, 1.807) is 0 Å². The Morgan fingerprint density at radius 1 is 1.35 bits per heavy atom. The van der Waals surface area contributed by atoms with Gasteiger partial charge in [0.15, 0.2) is 0 Å². The predicted octanol–water partition coefficient (Wildman–Crippen LogP) is 1.63. The molecule has 1 aliphatic heterocycles. The van der Waals surface area contributed by atoms with Crippen LogP contribution in [-0.4, -0.2) is 60.5 Å². The molecule has 0 amide bonds. The average molecular weight is 284 g/mol. The van der Waals surface area contributed by atoms with Crippen LogP contribution in [0.3, 0.4) is 0 Å². The summed E-state index contributed by atoms with van der Waals surface area (Å²) < 4.78 is 5.77. The number of nitrogens with zero attached hydrogens (tertiary/aromatic N) is 1. The van der Waals surface area contributed by atoms with Gasteiger partial charge in [-0.05, 0) is 38.1 Å². The van der Waals surface area contributed by atoms with Crippen LogP contribution in [0.2, 0.25) is 0 Å². The van der Waals surface area contributed by atoms with E-state index in [2.05, 4.69) is 31.0 Å². The summed E-state index contributed by atoms with van der Waals surface area (Å²) in [5.74, 6) is 0.633. The summed E-state index contributed by atoms with van der Waals surface area (Å²) in [6, 6.07) is 0.407. The summed E-state index contributed by atoms with van der Waals surface area (Å²) in [5.41, 5.74) is -0.122. The Hall–Kier alpha value is -0.160. The van der Waals surface area contributed by atoms with Crippen molar-refractivity contribution in [2.75, 3.05) is 32.8 Å². The predicted molar refractivity (Wildman–Crippen MR) is 81.9 cm³/mol. The number of aliphatic hydroxyl groups excluding tert-OH is 1. The molecule has 1 saturated carbocycles. The van der Waals surface area contributed by atoms with Gasteiger partial charge < -0.3 is 15.2 Å². The number of rotatable bonds is 9. The third kappa shape index (κ3) is 4.17. The van der Waals surface area contributed by atoms with E-state index < -0.39 is 0 Å². The van der Waals surface area contributed by atoms with Gasteiger partial charge in [0.2, 0.25) is 0 Å². The third-order valence-electron chi connectivity index (χ3n) is 4.66. The molecule has 20 heavy (non-hydrogen) atoms. The van der Waals surface area contributed by atoms with Crippen LogP contribution in [0.5, 0.6) is 0 Å². The molecule has 2 fully saturated rings. The largest absolute Gasteiger partial charge is 0.394 e. The number of aliphatic hydroxyl groups is 1. The Morgan fingerprint density at radius 3 is 2.55 bits per heavy atom. The normalized spacial score (nSPS) is 26.4. The molecule has 4 nitrogen and oxygen atoms in total. The van der Waals surface area contributed by atoms with Crippen molar-refractivity contribution in [2.24, 2.45) is 5.92 Å². The molecule has 0 aromatic rings. The van der Waals surface area contributed by atoms with Gasteiger partial charge in [0.05, 0.1) is 18.2 Å². The molecule has 2 aliphatic rings. The van der Waals surface area contributed by atoms with E-state index in [9.17, 15) is 5.11 Å². The summed E-state index contributed by atoms with van der Waals surface area (Å²) in [7, 11) is 0. The number of ether oxygens (including phenoxy) is 1. The van der Waals surface area contributed by atoms with Crippen molar-refractivity contribution in [1.29, 1.82) is 0 Å². The molecule has 1 aliphatic carbocycles. The van der Waals surface area contributed by atoms with E-state index in [4.69, 9.17) is 4.74 Å². The third-order valence-corrected chi connectivity index (χ3v) is 4.66. The lowest BCUT2D eigenvalue weighted by molar-refractivity contribution is 0.0421. The summed E-state index contributed by atoms with van der Waals surface area (Å²) in [4.78, 5) is 2.46. The fourth-order valence-corrected chi connectivity index (χ4v) is 3.51. The van der Waals surface area contributed by atoms with E-state index in [-0.39, 0.29) is 12.1 Å². The molecule has 2 rings (SSSR count). The highest BCUT2D eigenvalue weighted by Gasteiger charge is 2.46. The van der Waals surface area contributed by atoms with Gasteiger partial charge >= 0.3 is 0 Å². The maximum atomic E-state index is 10.0. The molecule has 1 heterocycles. The Morgan fingerprint density at radius 2 is 2.10 bits per heavy atom. The zero-order valence-corrected chi connectivity index (χ0v) is 13.4. The first kappa shape index (κ1) is 16.2. The molecule has 2 atom stereocenters. The molecule has 0 aromatic heterocycles. The van der Waals surface area contributed by atoms with E-state index in [0.717, 1.165) is 26.2 Å². The quantitative estimate of drug-likeness (QED) is 0.675. The molecule has 0 bridgehead atoms. The number of hydrogen-bond acceptors (Lipinski definition) is 4. The highest BCUT2D eigenvalue weighted by Crippen LogP contribution is 2.40. The average Bonchev–Trinajstić information content (AvgIpc) is 3.16. The topological polar surface area (TPSA) is 44.7 Å². The molecule has 118 valence electrons. The van der Waals surface area contributed by atoms with Crippen molar-refractivity contribution < 1.29 is 9.84 Å². The van der Waals surface area contributed by atoms with Crippen molar-refractivity contribution in [3.05, 3.63) is 0 Å². The van der Waals surface area contributed by atoms with E-state index in [1.165, 1.54) is 25.7 Å². The minimum Gasteiger partial charge on any atom is -0.394 e. The van der Waals surface area contributed by atoms with Crippen LogP contribution < -0.4 is 5.32 Å². The first-order valence-electron chi connectivity index (χ1n) is 8.32. The monoisotopic (exact) mass is 284 g/mol. The van der Waals surface area contributed by atoms with Crippen LogP contribution in [-0.2, 0) is 4.74 Å². The molecule has 2 N–H and O–H groups in total. The fourth-order valence-electron chi connectivity index (χ4n) is 3.51. The summed E-state index contributed by atoms with van der Waals surface area (Å²) in [6.07, 6.45) is 5.27. The number of hydrogen-bond donors (Lipinski definition) is 2. The number of nitrogens with one attached hydrogen (secondary N) is 1. The fraction of sp³-hybridized carbons (Fsp3) is 1.00. The zero-order valence-electron chi connectivity index (χ0n) is 13.4. The molecular weight excluding hydrogens is 252 g/mol. The second-order valence-corrected chi connectivity index (χ2v) is 6.85. The van der Waals surface area contributed by atoms with Gasteiger partial charge in [0.1, 0.15) is 0 Å². The van der Waals surface area contributed by atoms with E-state index in [0.29, 0.717) is 18.1 Å². The smallest absolute Gasteiger partial charge is 0.0702 e. The van der Waals surface area contributed by atoms with Crippen molar-refractivity contribution in [2.45, 2.75) is 64.1 Å². The van der Waals surface area contributed by atoms with Gasteiger partial charge in [-0.25, -0.2) is 0 Å². The maximum Gasteiger partial charge on any atom is 0.0702 e. The lowest BCUT2D eigenvalue weighted by Crippen LogP contribution is -2.60. The molecule has 0 aromatic carbocycles. The highest BCUT2D eigenvalue weighted by atomic mass is 16.5. The summed E-state index contributed by atoms with van der Waals surface area (Å²) in [5, 5.41) is 13.7. The second-order valence-electron chi connectivity index (χ2n) is 6.85. The molecular formula is C16H32N2O2. The maximum absolute atomic E-state index is 10.0. The Balaban J connectivity index is 1.96. The van der Waals surface area contributed by atoms with Gasteiger partial charge in [0.25, 0.3) is 0 Å². The van der Waals surface area contributed by atoms with Crippen LogP contribution in [0, 0.1) is 5.92 Å². The van der Waals surface area contributed by atoms with Gasteiger partial charge in [-0.2, -0.15) is 0 Å². The van der Waals surface area contributed by atoms with Crippen molar-refractivity contribution in [3.63, 3.8) is 0 Å². The first-order valence-corrected chi connectivity index (χ1v) is 8.32. The SMILES string of the molecule is CCN(CC1CCCO1)CC(CO)(NC(C)C)C1CC1. The Bertz CT molecular complexity index is 288. The van der Waals surface area contributed by atoms with Gasteiger partial charge in [0, 0.05) is 25.7 Å². The molecule has 1 saturated heterocycles. The molecule has 0 spiro atoms. The zero-order chi connectivity index (χ0) is 14.6. The first-order chi connectivity index (χ1) is 9.59. The summed E-state index contributed by atoms with van der Waals surface area (Å²) in [6.45, 7) is 10.7. The molecule has 2 unspecified atom stereocenters. The lowest BCUT2D eigenvalue weighted by atomic mass is 9.92. The van der Waals surface area contributed by atoms with Crippen LogP contribution in [0.4, 0.5) is 0 Å². The van der Waals surface area contributed by atoms with Crippen molar-refractivity contribution >= 4 is 0 Å². The van der Waals surface area contributed by atoms with Gasteiger partial charge in [-0.1, -0.05) is 20.8 Å². The highest BCUT2D eigenvalue weighted by molar-refractivity contribution is 5.03. The molecule has 4 heteroatoms. The second kappa shape index (κ2) is 7.21. The lowest BCUT2D eigenvalue weighted by Gasteiger charge is -2.40. The van der Waals surface area contributed by atoms with Crippen LogP contribution in [0.1, 0.15) is 46.5 Å². The molecule has 0 radical (unpaired) electrons.